The molecule has 1 saturated carbocycles. The molecule has 1 unspecified atom stereocenters. The van der Waals surface area contributed by atoms with Gasteiger partial charge in [-0.15, -0.1) is 0 Å². The van der Waals surface area contributed by atoms with Gasteiger partial charge in [-0.1, -0.05) is 24.4 Å². The Kier molecular flexibility index (Phi) is 2.68. The fourth-order valence-corrected chi connectivity index (χ4v) is 3.47. The first-order valence-electron chi connectivity index (χ1n) is 6.29. The van der Waals surface area contributed by atoms with E-state index < -0.39 is 0 Å². The van der Waals surface area contributed by atoms with Crippen molar-refractivity contribution in [3.63, 3.8) is 0 Å². The van der Waals surface area contributed by atoms with Crippen molar-refractivity contribution in [1.82, 2.24) is 9.55 Å². The lowest BCUT2D eigenvalue weighted by Crippen LogP contribution is -2.23. The van der Waals surface area contributed by atoms with Gasteiger partial charge in [-0.05, 0) is 25.7 Å². The number of nitrogens with zero attached hydrogens (tertiary/aromatic N) is 2. The molecule has 1 aliphatic carbocycles. The van der Waals surface area contributed by atoms with Crippen LogP contribution in [-0.2, 0) is 6.54 Å². The summed E-state index contributed by atoms with van der Waals surface area (Å²) in [4.78, 5) is 4.57. The Morgan fingerprint density at radius 2 is 1.94 bits per heavy atom. The lowest BCUT2D eigenvalue weighted by molar-refractivity contribution is 0.441. The molecule has 1 fully saturated rings. The molecule has 1 atom stereocenters. The third-order valence-corrected chi connectivity index (χ3v) is 4.24. The van der Waals surface area contributed by atoms with Gasteiger partial charge in [0.1, 0.15) is 5.82 Å². The minimum Gasteiger partial charge on any atom is -0.329 e. The van der Waals surface area contributed by atoms with Crippen LogP contribution in [0.2, 0.25) is 5.15 Å². The summed E-state index contributed by atoms with van der Waals surface area (Å²) >= 11 is 6.22. The second kappa shape index (κ2) is 4.04. The van der Waals surface area contributed by atoms with Crippen molar-refractivity contribution < 1.29 is 0 Å². The minimum absolute atomic E-state index is 0.0869. The first kappa shape index (κ1) is 10.6. The monoisotopic (exact) mass is 239 g/mol. The molecular formula is C12H18ClN3. The average Bonchev–Trinajstić information content (AvgIpc) is 2.86. The van der Waals surface area contributed by atoms with Crippen molar-refractivity contribution in [2.75, 3.05) is 0 Å². The molecule has 1 aromatic heterocycles. The number of rotatable bonds is 1. The molecule has 16 heavy (non-hydrogen) atoms. The van der Waals surface area contributed by atoms with Gasteiger partial charge in [0, 0.05) is 18.5 Å². The Balaban J connectivity index is 2.02. The van der Waals surface area contributed by atoms with Crippen LogP contribution in [0.5, 0.6) is 0 Å². The number of fused-ring (bicyclic) bond motifs is 1. The number of aromatic nitrogens is 2. The second-order valence-corrected chi connectivity index (χ2v) is 5.39. The molecule has 4 heteroatoms. The molecule has 0 spiro atoms. The summed E-state index contributed by atoms with van der Waals surface area (Å²) in [7, 11) is 0. The predicted octanol–water partition coefficient (Wildman–Crippen LogP) is 2.99. The number of hydrogen-bond acceptors (Lipinski definition) is 2. The Morgan fingerprint density at radius 1 is 1.19 bits per heavy atom. The first-order chi connectivity index (χ1) is 7.77. The summed E-state index contributed by atoms with van der Waals surface area (Å²) in [5, 5.41) is 0.647. The lowest BCUT2D eigenvalue weighted by atomic mass is 10.0. The van der Waals surface area contributed by atoms with Gasteiger partial charge >= 0.3 is 0 Å². The van der Waals surface area contributed by atoms with Gasteiger partial charge in [-0.25, -0.2) is 4.98 Å². The molecule has 88 valence electrons. The molecule has 3 nitrogen and oxygen atoms in total. The summed E-state index contributed by atoms with van der Waals surface area (Å²) in [6.45, 7) is 1.05. The zero-order valence-corrected chi connectivity index (χ0v) is 10.2. The Morgan fingerprint density at radius 3 is 2.69 bits per heavy atom. The van der Waals surface area contributed by atoms with Crippen molar-refractivity contribution >= 4 is 11.6 Å². The van der Waals surface area contributed by atoms with E-state index in [4.69, 9.17) is 17.3 Å². The van der Waals surface area contributed by atoms with Crippen LogP contribution in [0, 0.1) is 0 Å². The summed E-state index contributed by atoms with van der Waals surface area (Å²) in [5.41, 5.74) is 7.19. The van der Waals surface area contributed by atoms with Gasteiger partial charge in [-0.3, -0.25) is 0 Å². The molecule has 0 radical (unpaired) electrons. The molecule has 2 aliphatic rings. The van der Waals surface area contributed by atoms with Gasteiger partial charge in [0.05, 0.1) is 5.69 Å². The highest BCUT2D eigenvalue weighted by Crippen LogP contribution is 2.38. The maximum atomic E-state index is 6.22. The minimum atomic E-state index is 0.0869. The number of nitrogens with two attached hydrogens (primary N) is 1. The normalized spacial score (nSPS) is 26.0. The Hall–Kier alpha value is -0.540. The average molecular weight is 240 g/mol. The van der Waals surface area contributed by atoms with E-state index in [1.807, 2.05) is 0 Å². The third-order valence-electron chi connectivity index (χ3n) is 3.96. The molecule has 0 saturated heterocycles. The Bertz CT molecular complexity index is 393. The third kappa shape index (κ3) is 1.57. The van der Waals surface area contributed by atoms with Gasteiger partial charge in [0.2, 0.25) is 0 Å². The SMILES string of the molecule is NC1CCCn2c(C3CCCC3)nc(Cl)c21. The van der Waals surface area contributed by atoms with E-state index in [1.54, 1.807) is 0 Å². The topological polar surface area (TPSA) is 43.8 Å². The second-order valence-electron chi connectivity index (χ2n) is 5.03. The zero-order valence-electron chi connectivity index (χ0n) is 9.45. The molecule has 1 aliphatic heterocycles. The van der Waals surface area contributed by atoms with Crippen LogP contribution < -0.4 is 5.73 Å². The molecule has 0 aromatic carbocycles. The van der Waals surface area contributed by atoms with E-state index in [0.717, 1.165) is 25.1 Å². The van der Waals surface area contributed by atoms with Crippen LogP contribution in [0.3, 0.4) is 0 Å². The largest absolute Gasteiger partial charge is 0.329 e. The number of imidazole rings is 1. The van der Waals surface area contributed by atoms with Crippen molar-refractivity contribution in [2.45, 2.75) is 57.0 Å². The molecule has 3 rings (SSSR count). The summed E-state index contributed by atoms with van der Waals surface area (Å²) in [6.07, 6.45) is 7.38. The number of hydrogen-bond donors (Lipinski definition) is 1. The van der Waals surface area contributed by atoms with Gasteiger partial charge in [0.15, 0.2) is 5.15 Å². The molecule has 2 N–H and O–H groups in total. The van der Waals surface area contributed by atoms with Crippen LogP contribution in [0.25, 0.3) is 0 Å². The van der Waals surface area contributed by atoms with Crippen molar-refractivity contribution in [1.29, 1.82) is 0 Å². The van der Waals surface area contributed by atoms with Gasteiger partial charge in [0.25, 0.3) is 0 Å². The van der Waals surface area contributed by atoms with Crippen LogP contribution in [0.1, 0.15) is 62.0 Å². The molecule has 1 aromatic rings. The maximum Gasteiger partial charge on any atom is 0.152 e. The van der Waals surface area contributed by atoms with Crippen molar-refractivity contribution in [3.05, 3.63) is 16.7 Å². The first-order valence-corrected chi connectivity index (χ1v) is 6.66. The van der Waals surface area contributed by atoms with Crippen LogP contribution in [-0.4, -0.2) is 9.55 Å². The van der Waals surface area contributed by atoms with Gasteiger partial charge < -0.3 is 10.3 Å². The molecule has 2 heterocycles. The van der Waals surface area contributed by atoms with E-state index in [2.05, 4.69) is 9.55 Å². The quantitative estimate of drug-likeness (QED) is 0.819. The summed E-state index contributed by atoms with van der Waals surface area (Å²) < 4.78 is 2.30. The Labute approximate surface area is 101 Å². The van der Waals surface area contributed by atoms with Gasteiger partial charge in [-0.2, -0.15) is 0 Å². The highest BCUT2D eigenvalue weighted by atomic mass is 35.5. The van der Waals surface area contributed by atoms with Crippen LogP contribution in [0.15, 0.2) is 0 Å². The maximum absolute atomic E-state index is 6.22. The molecular weight excluding hydrogens is 222 g/mol. The highest BCUT2D eigenvalue weighted by molar-refractivity contribution is 6.30. The smallest absolute Gasteiger partial charge is 0.152 e. The van der Waals surface area contributed by atoms with Crippen molar-refractivity contribution in [2.24, 2.45) is 5.73 Å². The summed E-state index contributed by atoms with van der Waals surface area (Å²) in [6, 6.07) is 0.0869. The fraction of sp³-hybridized carbons (Fsp3) is 0.750. The van der Waals surface area contributed by atoms with E-state index in [1.165, 1.54) is 31.5 Å². The highest BCUT2D eigenvalue weighted by Gasteiger charge is 2.29. The van der Waals surface area contributed by atoms with Crippen LogP contribution in [0.4, 0.5) is 0 Å². The van der Waals surface area contributed by atoms with E-state index in [0.29, 0.717) is 11.1 Å². The van der Waals surface area contributed by atoms with E-state index in [-0.39, 0.29) is 6.04 Å². The van der Waals surface area contributed by atoms with Crippen molar-refractivity contribution in [3.8, 4) is 0 Å². The lowest BCUT2D eigenvalue weighted by Gasteiger charge is -2.23. The molecule has 0 amide bonds. The van der Waals surface area contributed by atoms with Crippen LogP contribution >= 0.6 is 11.6 Å². The summed E-state index contributed by atoms with van der Waals surface area (Å²) in [5.74, 6) is 1.82. The predicted molar refractivity (Wildman–Crippen MR) is 64.6 cm³/mol. The molecule has 0 bridgehead atoms. The van der Waals surface area contributed by atoms with E-state index >= 15 is 0 Å². The standard InChI is InChI=1S/C12H18ClN3/c13-11-10-9(14)6-3-7-16(10)12(15-11)8-4-1-2-5-8/h8-9H,1-7,14H2. The fourth-order valence-electron chi connectivity index (χ4n) is 3.14. The van der Waals surface area contributed by atoms with E-state index in [9.17, 15) is 0 Å². The number of halogens is 1. The zero-order chi connectivity index (χ0) is 11.1.